The van der Waals surface area contributed by atoms with Gasteiger partial charge >= 0.3 is 6.03 Å². The third-order valence-electron chi connectivity index (χ3n) is 8.83. The summed E-state index contributed by atoms with van der Waals surface area (Å²) in [5, 5.41) is 3.48. The highest BCUT2D eigenvalue weighted by Crippen LogP contribution is 2.39. The number of hydrogen-bond acceptors (Lipinski definition) is 4. The first-order valence-corrected chi connectivity index (χ1v) is 14.5. The van der Waals surface area contributed by atoms with E-state index in [9.17, 15) is 9.59 Å². The van der Waals surface area contributed by atoms with Crippen molar-refractivity contribution < 1.29 is 9.59 Å². The lowest BCUT2D eigenvalue weighted by atomic mass is 9.91. The molecule has 1 saturated carbocycles. The summed E-state index contributed by atoms with van der Waals surface area (Å²) in [5.74, 6) is -0.0920. The lowest BCUT2D eigenvalue weighted by Crippen LogP contribution is -2.50. The normalized spacial score (nSPS) is 22.0. The topological polar surface area (TPSA) is 68.8 Å². The first kappa shape index (κ1) is 26.9. The van der Waals surface area contributed by atoms with Crippen LogP contribution in [0, 0.1) is 13.8 Å². The van der Waals surface area contributed by atoms with Gasteiger partial charge in [0.05, 0.1) is 17.3 Å². The fourth-order valence-electron chi connectivity index (χ4n) is 6.39. The van der Waals surface area contributed by atoms with Crippen LogP contribution in [0.15, 0.2) is 36.4 Å². The number of nitrogens with one attached hydrogen (secondary N) is 1. The Morgan fingerprint density at radius 1 is 1.11 bits per heavy atom. The minimum atomic E-state index is -0.0920. The quantitative estimate of drug-likeness (QED) is 0.460. The second kappa shape index (κ2) is 11.6. The molecule has 5 rings (SSSR count). The summed E-state index contributed by atoms with van der Waals surface area (Å²) in [7, 11) is 0. The molecule has 1 aromatic heterocycles. The van der Waals surface area contributed by atoms with Crippen LogP contribution in [0.1, 0.15) is 78.7 Å². The molecular formula is C30H40ClN5O2. The Morgan fingerprint density at radius 3 is 2.45 bits per heavy atom. The lowest BCUT2D eigenvalue weighted by molar-refractivity contribution is 0.0871. The minimum absolute atomic E-state index is 0.0920. The Labute approximate surface area is 231 Å². The number of carbonyl (C=O) groups is 2. The number of aryl methyl sites for hydroxylation is 2. The number of rotatable bonds is 8. The second-order valence-corrected chi connectivity index (χ2v) is 11.6. The summed E-state index contributed by atoms with van der Waals surface area (Å²) in [4.78, 5) is 37.5. The second-order valence-electron chi connectivity index (χ2n) is 11.2. The van der Waals surface area contributed by atoms with Crippen LogP contribution in [0.3, 0.4) is 0 Å². The van der Waals surface area contributed by atoms with Gasteiger partial charge in [-0.1, -0.05) is 41.9 Å². The Bertz CT molecular complexity index is 1120. The van der Waals surface area contributed by atoms with Crippen molar-refractivity contribution in [1.82, 2.24) is 25.0 Å². The molecule has 2 atom stereocenters. The molecule has 3 amide bonds. The molecule has 1 N–H and O–H groups in total. The highest BCUT2D eigenvalue weighted by atomic mass is 35.5. The zero-order valence-electron chi connectivity index (χ0n) is 22.8. The number of halogens is 1. The molecule has 204 valence electrons. The largest absolute Gasteiger partial charge is 0.352 e. The van der Waals surface area contributed by atoms with E-state index in [0.717, 1.165) is 57.3 Å². The van der Waals surface area contributed by atoms with Gasteiger partial charge in [0.25, 0.3) is 5.91 Å². The van der Waals surface area contributed by atoms with Crippen LogP contribution in [-0.4, -0.2) is 75.9 Å². The summed E-state index contributed by atoms with van der Waals surface area (Å²) in [6.07, 6.45) is 6.36. The molecule has 0 bridgehead atoms. The number of pyridine rings is 1. The number of nitrogens with zero attached hydrogens (tertiary/aromatic N) is 4. The number of hydrogen-bond donors (Lipinski definition) is 1. The molecule has 3 fully saturated rings. The van der Waals surface area contributed by atoms with Crippen molar-refractivity contribution in [3.63, 3.8) is 0 Å². The van der Waals surface area contributed by atoms with Gasteiger partial charge in [0.1, 0.15) is 5.15 Å². The van der Waals surface area contributed by atoms with E-state index in [4.69, 9.17) is 11.6 Å². The van der Waals surface area contributed by atoms with Gasteiger partial charge in [-0.3, -0.25) is 4.79 Å². The van der Waals surface area contributed by atoms with Crippen LogP contribution in [0.5, 0.6) is 0 Å². The van der Waals surface area contributed by atoms with E-state index in [2.05, 4.69) is 56.2 Å². The first-order chi connectivity index (χ1) is 18.3. The molecule has 2 aromatic rings. The molecule has 3 aliphatic rings. The zero-order valence-corrected chi connectivity index (χ0v) is 23.6. The Kier molecular flexibility index (Phi) is 8.24. The lowest BCUT2D eigenvalue weighted by Gasteiger charge is -2.41. The predicted octanol–water partition coefficient (Wildman–Crippen LogP) is 5.36. The number of urea groups is 1. The van der Waals surface area contributed by atoms with Crippen molar-refractivity contribution in [2.75, 3.05) is 26.2 Å². The van der Waals surface area contributed by atoms with Gasteiger partial charge in [-0.2, -0.15) is 0 Å². The molecule has 38 heavy (non-hydrogen) atoms. The van der Waals surface area contributed by atoms with E-state index in [1.54, 1.807) is 6.07 Å². The summed E-state index contributed by atoms with van der Waals surface area (Å²) >= 11 is 6.02. The zero-order chi connectivity index (χ0) is 26.8. The van der Waals surface area contributed by atoms with Crippen LogP contribution < -0.4 is 5.32 Å². The van der Waals surface area contributed by atoms with Crippen LogP contribution in [0.2, 0.25) is 5.15 Å². The van der Waals surface area contributed by atoms with Crippen molar-refractivity contribution in [3.8, 4) is 0 Å². The molecular weight excluding hydrogens is 498 g/mol. The number of aromatic nitrogens is 1. The summed E-state index contributed by atoms with van der Waals surface area (Å²) < 4.78 is 0. The maximum atomic E-state index is 13.6. The Morgan fingerprint density at radius 2 is 1.82 bits per heavy atom. The third-order valence-corrected chi connectivity index (χ3v) is 9.02. The molecule has 7 nitrogen and oxygen atoms in total. The average molecular weight is 538 g/mol. The summed E-state index contributed by atoms with van der Waals surface area (Å²) in [6, 6.07) is 13.7. The molecule has 3 heterocycles. The highest BCUT2D eigenvalue weighted by Gasteiger charge is 2.46. The molecule has 8 heteroatoms. The fraction of sp³-hybridized carbons (Fsp3) is 0.567. The van der Waals surface area contributed by atoms with E-state index in [1.165, 1.54) is 12.0 Å². The van der Waals surface area contributed by atoms with E-state index >= 15 is 0 Å². The molecule has 0 radical (unpaired) electrons. The monoisotopic (exact) mass is 537 g/mol. The van der Waals surface area contributed by atoms with Gasteiger partial charge < -0.3 is 20.0 Å². The molecule has 0 spiro atoms. The van der Waals surface area contributed by atoms with Gasteiger partial charge in [0, 0.05) is 44.3 Å². The fourth-order valence-corrected chi connectivity index (χ4v) is 6.68. The minimum Gasteiger partial charge on any atom is -0.352 e. The molecule has 1 aromatic carbocycles. The van der Waals surface area contributed by atoms with Gasteiger partial charge in [-0.15, -0.1) is 0 Å². The number of amides is 3. The summed E-state index contributed by atoms with van der Waals surface area (Å²) in [6.45, 7) is 9.30. The van der Waals surface area contributed by atoms with E-state index < -0.39 is 0 Å². The van der Waals surface area contributed by atoms with Crippen LogP contribution in [-0.2, 0) is 0 Å². The van der Waals surface area contributed by atoms with E-state index in [-0.39, 0.29) is 24.0 Å². The molecule has 2 aliphatic heterocycles. The van der Waals surface area contributed by atoms with Gasteiger partial charge in [-0.25, -0.2) is 9.78 Å². The van der Waals surface area contributed by atoms with Gasteiger partial charge in [-0.05, 0) is 76.5 Å². The highest BCUT2D eigenvalue weighted by molar-refractivity contribution is 6.29. The van der Waals surface area contributed by atoms with Crippen LogP contribution in [0.25, 0.3) is 0 Å². The van der Waals surface area contributed by atoms with Crippen molar-refractivity contribution in [1.29, 1.82) is 0 Å². The van der Waals surface area contributed by atoms with Crippen molar-refractivity contribution in [3.05, 3.63) is 63.9 Å². The molecule has 2 unspecified atom stereocenters. The van der Waals surface area contributed by atoms with Gasteiger partial charge in [0.15, 0.2) is 0 Å². The number of carbonyl (C=O) groups excluding carboxylic acids is 2. The maximum absolute atomic E-state index is 13.6. The van der Waals surface area contributed by atoms with E-state index in [1.807, 2.05) is 19.9 Å². The first-order valence-electron chi connectivity index (χ1n) is 14.1. The molecule has 2 saturated heterocycles. The number of piperidine rings is 1. The maximum Gasteiger partial charge on any atom is 0.321 e. The van der Waals surface area contributed by atoms with Crippen LogP contribution >= 0.6 is 11.6 Å². The van der Waals surface area contributed by atoms with Gasteiger partial charge in [0.2, 0.25) is 0 Å². The Balaban J connectivity index is 1.15. The third kappa shape index (κ3) is 5.55. The van der Waals surface area contributed by atoms with Crippen LogP contribution in [0.4, 0.5) is 4.79 Å². The number of benzene rings is 1. The SMILES string of the molecule is Cc1cc(Cl)nc(C)c1C(=O)NCCC(C)N1CCC(N2C(=O)N(C3CCC3)CC2c2ccccc2)CC1. The average Bonchev–Trinajstić information content (AvgIpc) is 3.19. The Hall–Kier alpha value is -2.64. The van der Waals surface area contributed by atoms with Crippen molar-refractivity contribution in [2.45, 2.75) is 83.5 Å². The van der Waals surface area contributed by atoms with E-state index in [0.29, 0.717) is 35.0 Å². The summed E-state index contributed by atoms with van der Waals surface area (Å²) in [5.41, 5.74) is 3.36. The molecule has 1 aliphatic carbocycles. The van der Waals surface area contributed by atoms with Crippen molar-refractivity contribution in [2.24, 2.45) is 0 Å². The van der Waals surface area contributed by atoms with Crippen molar-refractivity contribution >= 4 is 23.5 Å². The standard InChI is InChI=1S/C30H40ClN5O2/c1-20-18-27(31)33-22(3)28(20)29(37)32-15-12-21(2)34-16-13-25(14-17-34)36-26(23-8-5-4-6-9-23)19-35(30(36)38)24-10-7-11-24/h4-6,8-9,18,21,24-26H,7,10-17,19H2,1-3H3,(H,32,37). The predicted molar refractivity (Wildman–Crippen MR) is 150 cm³/mol. The smallest absolute Gasteiger partial charge is 0.321 e. The number of likely N-dealkylation sites (tertiary alicyclic amines) is 1.